The molecule has 3 heteroatoms. The van der Waals surface area contributed by atoms with Gasteiger partial charge in [-0.25, -0.2) is 8.78 Å². The summed E-state index contributed by atoms with van der Waals surface area (Å²) >= 11 is 0. The Bertz CT molecular complexity index is 436. The van der Waals surface area contributed by atoms with Crippen molar-refractivity contribution in [2.75, 3.05) is 0 Å². The lowest BCUT2D eigenvalue weighted by Gasteiger charge is -2.24. The van der Waals surface area contributed by atoms with Gasteiger partial charge in [-0.15, -0.1) is 0 Å². The Morgan fingerprint density at radius 2 is 1.80 bits per heavy atom. The topological polar surface area (TPSA) is 12.0 Å². The van der Waals surface area contributed by atoms with E-state index < -0.39 is 11.6 Å². The van der Waals surface area contributed by atoms with E-state index in [0.717, 1.165) is 19.3 Å². The molecule has 0 heterocycles. The van der Waals surface area contributed by atoms with Crippen LogP contribution in [0.1, 0.15) is 64.5 Å². The third-order valence-corrected chi connectivity index (χ3v) is 4.49. The zero-order valence-corrected chi connectivity index (χ0v) is 12.7. The molecule has 0 bridgehead atoms. The van der Waals surface area contributed by atoms with Gasteiger partial charge in [0, 0.05) is 17.6 Å². The molecule has 0 aromatic heterocycles. The molecule has 2 rings (SSSR count). The Hall–Kier alpha value is -0.960. The van der Waals surface area contributed by atoms with Gasteiger partial charge in [-0.3, -0.25) is 0 Å². The lowest BCUT2D eigenvalue weighted by molar-refractivity contribution is 0.307. The smallest absolute Gasteiger partial charge is 0.130 e. The van der Waals surface area contributed by atoms with Crippen LogP contribution in [0.5, 0.6) is 0 Å². The zero-order valence-electron chi connectivity index (χ0n) is 12.7. The highest BCUT2D eigenvalue weighted by Gasteiger charge is 2.26. The first-order chi connectivity index (χ1) is 9.39. The molecule has 0 spiro atoms. The fourth-order valence-corrected chi connectivity index (χ4v) is 3.19. The first-order valence-corrected chi connectivity index (χ1v) is 7.59. The first-order valence-electron chi connectivity index (χ1n) is 7.59. The highest BCUT2D eigenvalue weighted by atomic mass is 19.1. The highest BCUT2D eigenvalue weighted by Crippen LogP contribution is 2.34. The third kappa shape index (κ3) is 3.78. The van der Waals surface area contributed by atoms with Gasteiger partial charge in [0.05, 0.1) is 0 Å². The van der Waals surface area contributed by atoms with Gasteiger partial charge in [0.15, 0.2) is 0 Å². The van der Waals surface area contributed by atoms with Crippen molar-refractivity contribution in [2.45, 2.75) is 65.0 Å². The highest BCUT2D eigenvalue weighted by molar-refractivity contribution is 5.22. The lowest BCUT2D eigenvalue weighted by atomic mass is 9.85. The number of benzene rings is 1. The normalized spacial score (nSPS) is 24.1. The molecule has 1 N–H and O–H groups in total. The molecule has 1 nitrogen and oxygen atoms in total. The summed E-state index contributed by atoms with van der Waals surface area (Å²) in [5, 5.41) is 3.41. The first kappa shape index (κ1) is 15.4. The SMILES string of the molecule is CC(NC1CCCC(C)(C)CC1)c1c(F)cccc1F. The molecule has 1 aliphatic carbocycles. The van der Waals surface area contributed by atoms with Gasteiger partial charge in [0.1, 0.15) is 11.6 Å². The Kier molecular flexibility index (Phi) is 4.79. The summed E-state index contributed by atoms with van der Waals surface area (Å²) in [6.45, 7) is 6.45. The minimum Gasteiger partial charge on any atom is -0.307 e. The molecule has 2 unspecified atom stereocenters. The standard InChI is InChI=1S/C17H25F2N/c1-12(16-14(18)7-4-8-15(16)19)20-13-6-5-10-17(2,3)11-9-13/h4,7-8,12-13,20H,5-6,9-11H2,1-3H3. The molecule has 1 aromatic carbocycles. The second-order valence-corrected chi connectivity index (χ2v) is 6.82. The fraction of sp³-hybridized carbons (Fsp3) is 0.647. The maximum atomic E-state index is 13.8. The van der Waals surface area contributed by atoms with Crippen molar-refractivity contribution < 1.29 is 8.78 Å². The summed E-state index contributed by atoms with van der Waals surface area (Å²) in [6.07, 6.45) is 5.74. The van der Waals surface area contributed by atoms with E-state index >= 15 is 0 Å². The molecular weight excluding hydrogens is 256 g/mol. The van der Waals surface area contributed by atoms with Crippen molar-refractivity contribution in [2.24, 2.45) is 5.41 Å². The van der Waals surface area contributed by atoms with Gasteiger partial charge in [-0.1, -0.05) is 26.3 Å². The van der Waals surface area contributed by atoms with E-state index in [1.165, 1.54) is 31.0 Å². The second-order valence-electron chi connectivity index (χ2n) is 6.82. The van der Waals surface area contributed by atoms with E-state index in [1.807, 2.05) is 6.92 Å². The fourth-order valence-electron chi connectivity index (χ4n) is 3.19. The largest absolute Gasteiger partial charge is 0.307 e. The van der Waals surface area contributed by atoms with E-state index in [0.29, 0.717) is 11.5 Å². The molecule has 20 heavy (non-hydrogen) atoms. The van der Waals surface area contributed by atoms with Gasteiger partial charge < -0.3 is 5.32 Å². The van der Waals surface area contributed by atoms with Crippen LogP contribution >= 0.6 is 0 Å². The molecule has 2 atom stereocenters. The molecule has 0 amide bonds. The number of hydrogen-bond acceptors (Lipinski definition) is 1. The van der Waals surface area contributed by atoms with Crippen LogP contribution in [0, 0.1) is 17.0 Å². The predicted molar refractivity (Wildman–Crippen MR) is 78.6 cm³/mol. The summed E-state index contributed by atoms with van der Waals surface area (Å²) in [4.78, 5) is 0. The van der Waals surface area contributed by atoms with E-state index in [-0.39, 0.29) is 11.6 Å². The third-order valence-electron chi connectivity index (χ3n) is 4.49. The van der Waals surface area contributed by atoms with E-state index in [9.17, 15) is 8.78 Å². The monoisotopic (exact) mass is 281 g/mol. The van der Waals surface area contributed by atoms with Crippen LogP contribution in [0.4, 0.5) is 8.78 Å². The summed E-state index contributed by atoms with van der Waals surface area (Å²) in [6, 6.07) is 4.13. The van der Waals surface area contributed by atoms with Gasteiger partial charge in [0.2, 0.25) is 0 Å². The number of halogens is 2. The summed E-state index contributed by atoms with van der Waals surface area (Å²) < 4.78 is 27.6. The average molecular weight is 281 g/mol. The Balaban J connectivity index is 2.03. The number of rotatable bonds is 3. The lowest BCUT2D eigenvalue weighted by Crippen LogP contribution is -2.32. The van der Waals surface area contributed by atoms with Crippen molar-refractivity contribution in [3.63, 3.8) is 0 Å². The van der Waals surface area contributed by atoms with Crippen LogP contribution in [-0.4, -0.2) is 6.04 Å². The van der Waals surface area contributed by atoms with Gasteiger partial charge in [-0.2, -0.15) is 0 Å². The Labute approximate surface area is 120 Å². The van der Waals surface area contributed by atoms with Gasteiger partial charge in [0.25, 0.3) is 0 Å². The molecule has 1 fully saturated rings. The van der Waals surface area contributed by atoms with Gasteiger partial charge in [-0.05, 0) is 50.2 Å². The minimum atomic E-state index is -0.459. The molecule has 0 radical (unpaired) electrons. The molecule has 1 aliphatic rings. The van der Waals surface area contributed by atoms with Gasteiger partial charge >= 0.3 is 0 Å². The maximum Gasteiger partial charge on any atom is 0.130 e. The van der Waals surface area contributed by atoms with Crippen molar-refractivity contribution in [3.8, 4) is 0 Å². The summed E-state index contributed by atoms with van der Waals surface area (Å²) in [5.74, 6) is -0.919. The van der Waals surface area contributed by atoms with Crippen molar-refractivity contribution in [1.29, 1.82) is 0 Å². The van der Waals surface area contributed by atoms with Crippen LogP contribution in [0.25, 0.3) is 0 Å². The van der Waals surface area contributed by atoms with E-state index in [4.69, 9.17) is 0 Å². The van der Waals surface area contributed by atoms with Crippen LogP contribution in [0.3, 0.4) is 0 Å². The molecule has 0 saturated heterocycles. The zero-order chi connectivity index (χ0) is 14.8. The van der Waals surface area contributed by atoms with E-state index in [2.05, 4.69) is 19.2 Å². The molecule has 1 saturated carbocycles. The van der Waals surface area contributed by atoms with Crippen molar-refractivity contribution in [3.05, 3.63) is 35.4 Å². The number of nitrogens with one attached hydrogen (secondary N) is 1. The van der Waals surface area contributed by atoms with Crippen molar-refractivity contribution in [1.82, 2.24) is 5.32 Å². The Morgan fingerprint density at radius 3 is 2.45 bits per heavy atom. The Morgan fingerprint density at radius 1 is 1.15 bits per heavy atom. The quantitative estimate of drug-likeness (QED) is 0.771. The van der Waals surface area contributed by atoms with Crippen LogP contribution in [0.15, 0.2) is 18.2 Å². The van der Waals surface area contributed by atoms with Crippen LogP contribution in [0.2, 0.25) is 0 Å². The molecule has 112 valence electrons. The van der Waals surface area contributed by atoms with E-state index in [1.54, 1.807) is 0 Å². The van der Waals surface area contributed by atoms with Crippen LogP contribution < -0.4 is 5.32 Å². The second kappa shape index (κ2) is 6.21. The minimum absolute atomic E-state index is 0.163. The predicted octanol–water partition coefficient (Wildman–Crippen LogP) is 4.97. The molecule has 0 aliphatic heterocycles. The molecule has 1 aromatic rings. The molecular formula is C17H25F2N. The maximum absolute atomic E-state index is 13.8. The summed E-state index contributed by atoms with van der Waals surface area (Å²) in [5.41, 5.74) is 0.555. The average Bonchev–Trinajstić information content (AvgIpc) is 2.51. The van der Waals surface area contributed by atoms with Crippen molar-refractivity contribution >= 4 is 0 Å². The van der Waals surface area contributed by atoms with Crippen LogP contribution in [-0.2, 0) is 0 Å². The number of hydrogen-bond donors (Lipinski definition) is 1. The summed E-state index contributed by atoms with van der Waals surface area (Å²) in [7, 11) is 0.